The van der Waals surface area contributed by atoms with E-state index in [2.05, 4.69) is 15.3 Å². The molecule has 5 atom stereocenters. The first-order chi connectivity index (χ1) is 17.7. The van der Waals surface area contributed by atoms with E-state index < -0.39 is 54.0 Å². The first kappa shape index (κ1) is 25.3. The van der Waals surface area contributed by atoms with Crippen molar-refractivity contribution >= 4 is 5.91 Å². The number of aliphatic hydroxyl groups excluding tert-OH is 3. The maximum absolute atomic E-state index is 13.7. The first-order valence-electron chi connectivity index (χ1n) is 11.7. The van der Waals surface area contributed by atoms with Gasteiger partial charge in [0.2, 0.25) is 0 Å². The summed E-state index contributed by atoms with van der Waals surface area (Å²) < 4.78 is 48.0. The number of aliphatic hydroxyl groups is 3. The summed E-state index contributed by atoms with van der Waals surface area (Å²) in [5.74, 6) is -4.80. The van der Waals surface area contributed by atoms with E-state index in [4.69, 9.17) is 4.74 Å². The Labute approximate surface area is 208 Å². The maximum atomic E-state index is 13.7. The van der Waals surface area contributed by atoms with Crippen LogP contribution in [0.5, 0.6) is 0 Å². The van der Waals surface area contributed by atoms with Gasteiger partial charge in [0.1, 0.15) is 41.3 Å². The Hall–Kier alpha value is -3.39. The smallest absolute Gasteiger partial charge is 0.272 e. The van der Waals surface area contributed by atoms with Crippen molar-refractivity contribution in [1.82, 2.24) is 24.9 Å². The highest BCUT2D eigenvalue weighted by Gasteiger charge is 2.56. The average Bonchev–Trinajstić information content (AvgIpc) is 3.39. The summed E-state index contributed by atoms with van der Waals surface area (Å²) in [6, 6.07) is 5.26. The van der Waals surface area contributed by atoms with Crippen molar-refractivity contribution in [3.63, 3.8) is 0 Å². The van der Waals surface area contributed by atoms with Gasteiger partial charge in [0.25, 0.3) is 5.91 Å². The number of amides is 1. The van der Waals surface area contributed by atoms with Crippen LogP contribution < -0.4 is 0 Å². The summed E-state index contributed by atoms with van der Waals surface area (Å²) in [5.41, 5.74) is -1.27. The molecule has 1 spiro atoms. The molecule has 5 rings (SSSR count). The van der Waals surface area contributed by atoms with Gasteiger partial charge in [0.05, 0.1) is 19.3 Å². The minimum Gasteiger partial charge on any atom is -0.394 e. The Morgan fingerprint density at radius 2 is 1.95 bits per heavy atom. The number of halogens is 3. The Bertz CT molecular complexity index is 1270. The summed E-state index contributed by atoms with van der Waals surface area (Å²) in [5, 5.41) is 40.1. The molecule has 1 aromatic carbocycles. The van der Waals surface area contributed by atoms with Crippen LogP contribution in [0.1, 0.15) is 29.4 Å². The van der Waals surface area contributed by atoms with Crippen LogP contribution in [0.15, 0.2) is 42.7 Å². The highest BCUT2D eigenvalue weighted by molar-refractivity contribution is 5.92. The zero-order valence-corrected chi connectivity index (χ0v) is 19.4. The third-order valence-electron chi connectivity index (χ3n) is 6.91. The molecule has 2 aliphatic rings. The molecule has 0 bridgehead atoms. The van der Waals surface area contributed by atoms with Gasteiger partial charge in [-0.15, -0.1) is 5.10 Å². The fourth-order valence-electron chi connectivity index (χ4n) is 5.08. The summed E-state index contributed by atoms with van der Waals surface area (Å²) in [7, 11) is 0. The zero-order chi connectivity index (χ0) is 26.3. The van der Waals surface area contributed by atoms with Crippen molar-refractivity contribution in [2.24, 2.45) is 0 Å². The number of hydrogen-bond acceptors (Lipinski definition) is 8. The molecular formula is C24H24F3N5O5. The normalized spacial score (nSPS) is 28.0. The summed E-state index contributed by atoms with van der Waals surface area (Å²) in [6.07, 6.45) is -0.468. The predicted molar refractivity (Wildman–Crippen MR) is 120 cm³/mol. The third-order valence-corrected chi connectivity index (χ3v) is 6.91. The number of carbonyl (C=O) groups excluding carboxylic acids is 1. The van der Waals surface area contributed by atoms with Gasteiger partial charge in [-0.05, 0) is 37.1 Å². The number of rotatable bonds is 4. The lowest BCUT2D eigenvalue weighted by atomic mass is 9.78. The van der Waals surface area contributed by atoms with Gasteiger partial charge < -0.3 is 25.0 Å². The van der Waals surface area contributed by atoms with Crippen LogP contribution in [0.3, 0.4) is 0 Å². The minimum absolute atomic E-state index is 0.0334. The van der Waals surface area contributed by atoms with E-state index in [0.29, 0.717) is 19.4 Å². The van der Waals surface area contributed by atoms with Gasteiger partial charge in [0, 0.05) is 18.3 Å². The molecule has 0 saturated carbocycles. The number of ether oxygens (including phenoxy) is 1. The van der Waals surface area contributed by atoms with E-state index in [1.54, 1.807) is 18.2 Å². The van der Waals surface area contributed by atoms with Crippen LogP contribution in [0.2, 0.25) is 0 Å². The molecule has 2 aromatic heterocycles. The quantitative estimate of drug-likeness (QED) is 0.437. The highest BCUT2D eigenvalue weighted by Crippen LogP contribution is 2.42. The number of piperidine rings is 1. The van der Waals surface area contributed by atoms with Crippen molar-refractivity contribution in [3.8, 4) is 11.3 Å². The molecule has 0 unspecified atom stereocenters. The third kappa shape index (κ3) is 4.48. The molecule has 2 fully saturated rings. The fraction of sp³-hybridized carbons (Fsp3) is 0.417. The SMILES string of the molecule is O=C(c1ccccn1)N1CCC[C@]2(C1)O[C@H](CO)[C@H](O)[C@H](n1cc(-c3cc(F)c(F)c(F)c3)nn1)[C@@H]2O. The zero-order valence-electron chi connectivity index (χ0n) is 19.4. The fourth-order valence-corrected chi connectivity index (χ4v) is 5.08. The van der Waals surface area contributed by atoms with Crippen LogP contribution in [0, 0.1) is 17.5 Å². The Morgan fingerprint density at radius 1 is 1.19 bits per heavy atom. The first-order valence-corrected chi connectivity index (χ1v) is 11.7. The van der Waals surface area contributed by atoms with Crippen LogP contribution >= 0.6 is 0 Å². The standard InChI is InChI=1S/C24H24F3N5O5/c25-14-8-13(9-15(26)19(14)27)17-10-32(30-29-17)20-21(34)18(11-33)37-24(22(20)35)5-3-7-31(12-24)23(36)16-4-1-2-6-28-16/h1-2,4,6,8-10,18,20-22,33-35H,3,5,7,11-12H2/t18-,20+,21+,22+,24-/m1/s1. The lowest BCUT2D eigenvalue weighted by Crippen LogP contribution is -2.68. The van der Waals surface area contributed by atoms with E-state index in [9.17, 15) is 33.3 Å². The van der Waals surface area contributed by atoms with Gasteiger partial charge >= 0.3 is 0 Å². The van der Waals surface area contributed by atoms with Crippen molar-refractivity contribution < 1.29 is 38.0 Å². The number of nitrogens with zero attached hydrogens (tertiary/aromatic N) is 5. The molecule has 2 saturated heterocycles. The van der Waals surface area contributed by atoms with E-state index in [1.165, 1.54) is 17.3 Å². The van der Waals surface area contributed by atoms with Crippen LogP contribution in [-0.2, 0) is 4.74 Å². The van der Waals surface area contributed by atoms with E-state index in [-0.39, 0.29) is 29.4 Å². The molecule has 1 amide bonds. The molecule has 3 aromatic rings. The van der Waals surface area contributed by atoms with Gasteiger partial charge in [-0.1, -0.05) is 11.3 Å². The maximum Gasteiger partial charge on any atom is 0.272 e. The number of likely N-dealkylation sites (tertiary alicyclic amines) is 1. The predicted octanol–water partition coefficient (Wildman–Crippen LogP) is 1.09. The van der Waals surface area contributed by atoms with Crippen molar-refractivity contribution in [1.29, 1.82) is 0 Å². The number of carbonyl (C=O) groups is 1. The van der Waals surface area contributed by atoms with Gasteiger partial charge in [-0.25, -0.2) is 17.9 Å². The van der Waals surface area contributed by atoms with Crippen LogP contribution in [-0.4, -0.2) is 89.7 Å². The molecule has 3 N–H and O–H groups in total. The van der Waals surface area contributed by atoms with E-state index >= 15 is 0 Å². The van der Waals surface area contributed by atoms with Crippen molar-refractivity contribution in [2.75, 3.05) is 19.7 Å². The van der Waals surface area contributed by atoms with Crippen LogP contribution in [0.25, 0.3) is 11.3 Å². The van der Waals surface area contributed by atoms with E-state index in [0.717, 1.165) is 16.8 Å². The molecule has 196 valence electrons. The number of pyridine rings is 1. The molecule has 2 aliphatic heterocycles. The number of aromatic nitrogens is 4. The number of hydrogen-bond donors (Lipinski definition) is 3. The molecular weight excluding hydrogens is 495 g/mol. The Kier molecular flexibility index (Phi) is 6.70. The van der Waals surface area contributed by atoms with Crippen LogP contribution in [0.4, 0.5) is 13.2 Å². The second kappa shape index (κ2) is 9.82. The van der Waals surface area contributed by atoms with Gasteiger partial charge in [-0.3, -0.25) is 9.78 Å². The Balaban J connectivity index is 1.46. The molecule has 0 radical (unpaired) electrons. The van der Waals surface area contributed by atoms with Gasteiger partial charge in [-0.2, -0.15) is 0 Å². The van der Waals surface area contributed by atoms with E-state index in [1.807, 2.05) is 0 Å². The summed E-state index contributed by atoms with van der Waals surface area (Å²) in [4.78, 5) is 18.6. The lowest BCUT2D eigenvalue weighted by Gasteiger charge is -2.53. The second-order valence-electron chi connectivity index (χ2n) is 9.21. The average molecular weight is 519 g/mol. The molecule has 10 nitrogen and oxygen atoms in total. The molecule has 0 aliphatic carbocycles. The van der Waals surface area contributed by atoms with Gasteiger partial charge in [0.15, 0.2) is 17.5 Å². The Morgan fingerprint density at radius 3 is 2.62 bits per heavy atom. The molecule has 13 heteroatoms. The van der Waals surface area contributed by atoms with Crippen molar-refractivity contribution in [2.45, 2.75) is 42.8 Å². The number of benzene rings is 1. The molecule has 4 heterocycles. The minimum atomic E-state index is -1.62. The summed E-state index contributed by atoms with van der Waals surface area (Å²) in [6.45, 7) is -0.241. The lowest BCUT2D eigenvalue weighted by molar-refractivity contribution is -0.266. The monoisotopic (exact) mass is 519 g/mol. The topological polar surface area (TPSA) is 134 Å². The molecule has 37 heavy (non-hydrogen) atoms. The largest absolute Gasteiger partial charge is 0.394 e. The second-order valence-corrected chi connectivity index (χ2v) is 9.21. The summed E-state index contributed by atoms with van der Waals surface area (Å²) >= 11 is 0. The highest BCUT2D eigenvalue weighted by atomic mass is 19.2. The van der Waals surface area contributed by atoms with Crippen molar-refractivity contribution in [3.05, 3.63) is 65.9 Å².